The number of carbonyl (C=O) groups is 1. The zero-order valence-corrected chi connectivity index (χ0v) is 14.4. The molecule has 6 heteroatoms. The molecule has 3 rings (SSSR count). The normalized spacial score (nSPS) is 20.8. The summed E-state index contributed by atoms with van der Waals surface area (Å²) in [5.41, 5.74) is 10.4. The van der Waals surface area contributed by atoms with Gasteiger partial charge in [-0.2, -0.15) is 0 Å². The van der Waals surface area contributed by atoms with E-state index in [1.54, 1.807) is 29.1 Å². The summed E-state index contributed by atoms with van der Waals surface area (Å²) in [5.74, 6) is 0.666. The van der Waals surface area contributed by atoms with Crippen molar-refractivity contribution in [3.8, 4) is 11.3 Å². The Bertz CT molecular complexity index is 760. The molecule has 2 N–H and O–H groups in total. The molecular formula is C17H20N4OS. The van der Waals surface area contributed by atoms with E-state index < -0.39 is 4.99 Å². The number of carbonyl (C=O) groups excluding carboxylic acids is 1. The number of nitrogens with zero attached hydrogens (tertiary/aromatic N) is 3. The van der Waals surface area contributed by atoms with Gasteiger partial charge in [-0.25, -0.2) is 4.98 Å². The van der Waals surface area contributed by atoms with Crippen LogP contribution in [0.3, 0.4) is 0 Å². The Hall–Kier alpha value is -1.92. The van der Waals surface area contributed by atoms with E-state index in [-0.39, 0.29) is 5.91 Å². The summed E-state index contributed by atoms with van der Waals surface area (Å²) in [5, 5.41) is 0. The van der Waals surface area contributed by atoms with E-state index in [0.717, 1.165) is 16.9 Å². The zero-order chi connectivity index (χ0) is 16.6. The predicted molar refractivity (Wildman–Crippen MR) is 93.0 cm³/mol. The maximum absolute atomic E-state index is 12.9. The van der Waals surface area contributed by atoms with E-state index in [2.05, 4.69) is 16.9 Å². The van der Waals surface area contributed by atoms with Gasteiger partial charge in [-0.3, -0.25) is 9.78 Å². The second-order valence-corrected chi connectivity index (χ2v) is 7.44. The van der Waals surface area contributed by atoms with E-state index in [0.29, 0.717) is 17.9 Å². The molecule has 120 valence electrons. The Labute approximate surface area is 140 Å². The average Bonchev–Trinajstić information content (AvgIpc) is 2.89. The topological polar surface area (TPSA) is 72.1 Å². The third-order valence-electron chi connectivity index (χ3n) is 4.17. The van der Waals surface area contributed by atoms with Gasteiger partial charge in [0.05, 0.1) is 0 Å². The molecule has 1 aliphatic rings. The second kappa shape index (κ2) is 5.94. The first-order valence-electron chi connectivity index (χ1n) is 7.53. The van der Waals surface area contributed by atoms with Gasteiger partial charge < -0.3 is 10.6 Å². The molecule has 1 amide bonds. The third-order valence-corrected chi connectivity index (χ3v) is 5.36. The molecule has 1 aliphatic heterocycles. The van der Waals surface area contributed by atoms with Crippen LogP contribution in [0.25, 0.3) is 11.3 Å². The Morgan fingerprint density at radius 2 is 2.00 bits per heavy atom. The van der Waals surface area contributed by atoms with Gasteiger partial charge in [0.25, 0.3) is 5.91 Å². The van der Waals surface area contributed by atoms with Gasteiger partial charge in [-0.1, -0.05) is 12.1 Å². The Morgan fingerprint density at radius 3 is 2.65 bits per heavy atom. The highest BCUT2D eigenvalue weighted by Crippen LogP contribution is 2.33. The highest BCUT2D eigenvalue weighted by molar-refractivity contribution is 8.00. The Morgan fingerprint density at radius 1 is 1.26 bits per heavy atom. The summed E-state index contributed by atoms with van der Waals surface area (Å²) < 4.78 is 0. The third kappa shape index (κ3) is 2.96. The van der Waals surface area contributed by atoms with Crippen LogP contribution in [0.4, 0.5) is 0 Å². The molecule has 2 heterocycles. The van der Waals surface area contributed by atoms with Gasteiger partial charge in [0.15, 0.2) is 5.69 Å². The molecule has 0 radical (unpaired) electrons. The van der Waals surface area contributed by atoms with Gasteiger partial charge in [0.1, 0.15) is 10.7 Å². The minimum absolute atomic E-state index is 0.165. The molecule has 0 saturated carbocycles. The average molecular weight is 328 g/mol. The van der Waals surface area contributed by atoms with E-state index in [1.165, 1.54) is 5.56 Å². The number of hydrogen-bond acceptors (Lipinski definition) is 5. The van der Waals surface area contributed by atoms with Gasteiger partial charge >= 0.3 is 0 Å². The highest BCUT2D eigenvalue weighted by atomic mass is 32.2. The molecule has 0 bridgehead atoms. The van der Waals surface area contributed by atoms with Crippen LogP contribution >= 0.6 is 11.8 Å². The van der Waals surface area contributed by atoms with Crippen molar-refractivity contribution in [1.29, 1.82) is 0 Å². The van der Waals surface area contributed by atoms with Gasteiger partial charge in [0, 0.05) is 30.3 Å². The quantitative estimate of drug-likeness (QED) is 0.917. The maximum atomic E-state index is 12.9. The summed E-state index contributed by atoms with van der Waals surface area (Å²) in [6.07, 6.45) is 3.16. The van der Waals surface area contributed by atoms with Crippen LogP contribution in [-0.4, -0.2) is 38.1 Å². The Kier molecular flexibility index (Phi) is 4.12. The van der Waals surface area contributed by atoms with Crippen LogP contribution in [0.15, 0.2) is 30.6 Å². The molecule has 1 atom stereocenters. The summed E-state index contributed by atoms with van der Waals surface area (Å²) in [6, 6.07) is 6.05. The number of benzene rings is 1. The SMILES string of the molecule is Cc1ccc(-c2nccnc2C(=O)N2CCSC2(C)N)cc1C. The van der Waals surface area contributed by atoms with Crippen LogP contribution in [0.1, 0.15) is 28.5 Å². The maximum Gasteiger partial charge on any atom is 0.276 e. The second-order valence-electron chi connectivity index (χ2n) is 5.91. The molecule has 1 fully saturated rings. The van der Waals surface area contributed by atoms with Crippen molar-refractivity contribution in [2.24, 2.45) is 5.73 Å². The number of nitrogens with two attached hydrogens (primary N) is 1. The number of rotatable bonds is 2. The molecule has 5 nitrogen and oxygen atoms in total. The first-order chi connectivity index (χ1) is 10.9. The lowest BCUT2D eigenvalue weighted by atomic mass is 10.0. The van der Waals surface area contributed by atoms with E-state index in [4.69, 9.17) is 5.73 Å². The van der Waals surface area contributed by atoms with Crippen molar-refractivity contribution in [3.63, 3.8) is 0 Å². The summed E-state index contributed by atoms with van der Waals surface area (Å²) in [6.45, 7) is 6.59. The summed E-state index contributed by atoms with van der Waals surface area (Å²) in [7, 11) is 0. The first-order valence-corrected chi connectivity index (χ1v) is 8.52. The van der Waals surface area contributed by atoms with E-state index >= 15 is 0 Å². The van der Waals surface area contributed by atoms with Crippen LogP contribution in [0.5, 0.6) is 0 Å². The number of aromatic nitrogens is 2. The zero-order valence-electron chi connectivity index (χ0n) is 13.5. The highest BCUT2D eigenvalue weighted by Gasteiger charge is 2.38. The molecule has 0 aliphatic carbocycles. The van der Waals surface area contributed by atoms with Crippen molar-refractivity contribution in [2.75, 3.05) is 12.3 Å². The molecule has 1 unspecified atom stereocenters. The minimum atomic E-state index is -0.699. The molecular weight excluding hydrogens is 308 g/mol. The van der Waals surface area contributed by atoms with Crippen molar-refractivity contribution in [1.82, 2.24) is 14.9 Å². The van der Waals surface area contributed by atoms with Crippen molar-refractivity contribution in [2.45, 2.75) is 25.8 Å². The van der Waals surface area contributed by atoms with Crippen LogP contribution < -0.4 is 5.73 Å². The minimum Gasteiger partial charge on any atom is -0.309 e. The lowest BCUT2D eigenvalue weighted by Gasteiger charge is -2.30. The summed E-state index contributed by atoms with van der Waals surface area (Å²) in [4.78, 5) is 22.6. The standard InChI is InChI=1S/C17H20N4OS/c1-11-4-5-13(10-12(11)2)14-15(20-7-6-19-14)16(22)21-8-9-23-17(21,3)18/h4-7,10H,8-9,18H2,1-3H3. The molecule has 23 heavy (non-hydrogen) atoms. The fraction of sp³-hybridized carbons (Fsp3) is 0.353. The molecule has 1 aromatic carbocycles. The van der Waals surface area contributed by atoms with Crippen LogP contribution in [0, 0.1) is 13.8 Å². The monoisotopic (exact) mass is 328 g/mol. The number of thioether (sulfide) groups is 1. The summed E-state index contributed by atoms with van der Waals surface area (Å²) >= 11 is 1.57. The fourth-order valence-electron chi connectivity index (χ4n) is 2.67. The largest absolute Gasteiger partial charge is 0.309 e. The van der Waals surface area contributed by atoms with E-state index in [9.17, 15) is 4.79 Å². The number of amides is 1. The van der Waals surface area contributed by atoms with Crippen molar-refractivity contribution >= 4 is 17.7 Å². The lowest BCUT2D eigenvalue weighted by molar-refractivity contribution is 0.0692. The molecule has 0 spiro atoms. The van der Waals surface area contributed by atoms with E-state index in [1.807, 2.05) is 32.0 Å². The number of hydrogen-bond donors (Lipinski definition) is 1. The first kappa shape index (κ1) is 16.0. The fourth-order valence-corrected chi connectivity index (χ4v) is 3.69. The van der Waals surface area contributed by atoms with Gasteiger partial charge in [-0.05, 0) is 38.0 Å². The van der Waals surface area contributed by atoms with Crippen LogP contribution in [0.2, 0.25) is 0 Å². The predicted octanol–water partition coefficient (Wildman–Crippen LogP) is 2.58. The van der Waals surface area contributed by atoms with Gasteiger partial charge in [-0.15, -0.1) is 11.8 Å². The molecule has 1 saturated heterocycles. The molecule has 1 aromatic heterocycles. The molecule has 2 aromatic rings. The van der Waals surface area contributed by atoms with Crippen LogP contribution in [-0.2, 0) is 0 Å². The number of aryl methyl sites for hydroxylation is 2. The Balaban J connectivity index is 2.04. The smallest absolute Gasteiger partial charge is 0.276 e. The van der Waals surface area contributed by atoms with Gasteiger partial charge in [0.2, 0.25) is 0 Å². The lowest BCUT2D eigenvalue weighted by Crippen LogP contribution is -2.50. The van der Waals surface area contributed by atoms with Crippen molar-refractivity contribution in [3.05, 3.63) is 47.4 Å². The van der Waals surface area contributed by atoms with Crippen molar-refractivity contribution < 1.29 is 4.79 Å².